The zero-order valence-electron chi connectivity index (χ0n) is 13.2. The van der Waals surface area contributed by atoms with Gasteiger partial charge in [0.15, 0.2) is 5.82 Å². The minimum absolute atomic E-state index is 0.0135. The van der Waals surface area contributed by atoms with Crippen LogP contribution < -0.4 is 5.32 Å². The third kappa shape index (κ3) is 4.18. The van der Waals surface area contributed by atoms with E-state index in [9.17, 15) is 9.18 Å². The number of benzene rings is 1. The normalized spacial score (nSPS) is 10.9. The third-order valence-electron chi connectivity index (χ3n) is 3.48. The summed E-state index contributed by atoms with van der Waals surface area (Å²) < 4.78 is 16.8. The van der Waals surface area contributed by atoms with Gasteiger partial charge in [-0.25, -0.2) is 4.39 Å². The molecule has 0 spiro atoms. The summed E-state index contributed by atoms with van der Waals surface area (Å²) in [5, 5.41) is 11.8. The lowest BCUT2D eigenvalue weighted by molar-refractivity contribution is -0.116. The molecule has 0 atom stereocenters. The molecule has 0 radical (unpaired) electrons. The van der Waals surface area contributed by atoms with Crippen LogP contribution in [-0.4, -0.2) is 25.5 Å². The molecule has 2 heterocycles. The molecule has 25 heavy (non-hydrogen) atoms. The van der Waals surface area contributed by atoms with E-state index in [0.717, 1.165) is 0 Å². The lowest BCUT2D eigenvalue weighted by Crippen LogP contribution is -2.19. The first-order valence-corrected chi connectivity index (χ1v) is 8.13. The highest BCUT2D eigenvalue weighted by Gasteiger charge is 2.11. The van der Waals surface area contributed by atoms with Gasteiger partial charge in [-0.2, -0.15) is 10.2 Å². The second-order valence-electron chi connectivity index (χ2n) is 5.41. The number of halogens is 3. The quantitative estimate of drug-likeness (QED) is 0.735. The highest BCUT2D eigenvalue weighted by molar-refractivity contribution is 6.31. The first-order chi connectivity index (χ1) is 11.9. The predicted octanol–water partition coefficient (Wildman–Crippen LogP) is 3.52. The molecule has 9 heteroatoms. The van der Waals surface area contributed by atoms with Crippen molar-refractivity contribution in [2.24, 2.45) is 0 Å². The molecule has 130 valence electrons. The number of hydrogen-bond acceptors (Lipinski definition) is 3. The number of hydrogen-bond donors (Lipinski definition) is 1. The van der Waals surface area contributed by atoms with Crippen molar-refractivity contribution in [3.63, 3.8) is 0 Å². The average Bonchev–Trinajstić information content (AvgIpc) is 3.10. The van der Waals surface area contributed by atoms with Gasteiger partial charge in [0.25, 0.3) is 0 Å². The Morgan fingerprint density at radius 2 is 2.00 bits per heavy atom. The smallest absolute Gasteiger partial charge is 0.247 e. The summed E-state index contributed by atoms with van der Waals surface area (Å²) in [6.07, 6.45) is 3.21. The Bertz CT molecular complexity index is 881. The summed E-state index contributed by atoms with van der Waals surface area (Å²) in [5.41, 5.74) is 0.993. The minimum atomic E-state index is -0.403. The number of aromatic nitrogens is 4. The summed E-state index contributed by atoms with van der Waals surface area (Å²) in [7, 11) is 0. The van der Waals surface area contributed by atoms with Gasteiger partial charge in [-0.05, 0) is 19.1 Å². The Labute approximate surface area is 153 Å². The molecule has 0 saturated carbocycles. The maximum absolute atomic E-state index is 13.8. The van der Waals surface area contributed by atoms with Gasteiger partial charge in [0.1, 0.15) is 12.4 Å². The van der Waals surface area contributed by atoms with E-state index in [0.29, 0.717) is 27.1 Å². The van der Waals surface area contributed by atoms with Gasteiger partial charge in [-0.15, -0.1) is 0 Å². The second kappa shape index (κ2) is 7.25. The lowest BCUT2D eigenvalue weighted by Gasteiger charge is -2.06. The second-order valence-corrected chi connectivity index (χ2v) is 6.22. The highest BCUT2D eigenvalue weighted by atomic mass is 35.5. The van der Waals surface area contributed by atoms with Crippen molar-refractivity contribution in [3.05, 3.63) is 63.8 Å². The predicted molar refractivity (Wildman–Crippen MR) is 93.3 cm³/mol. The van der Waals surface area contributed by atoms with Gasteiger partial charge in [-0.1, -0.05) is 29.3 Å². The van der Waals surface area contributed by atoms with Crippen LogP contribution in [0.4, 0.5) is 10.2 Å². The number of anilines is 1. The average molecular weight is 382 g/mol. The zero-order valence-corrected chi connectivity index (χ0v) is 14.7. The van der Waals surface area contributed by atoms with Crippen molar-refractivity contribution in [3.8, 4) is 0 Å². The van der Waals surface area contributed by atoms with Crippen LogP contribution in [0.25, 0.3) is 0 Å². The molecule has 6 nitrogen and oxygen atoms in total. The fourth-order valence-corrected chi connectivity index (χ4v) is 2.64. The van der Waals surface area contributed by atoms with E-state index in [-0.39, 0.29) is 19.0 Å². The van der Waals surface area contributed by atoms with Crippen LogP contribution >= 0.6 is 23.2 Å². The van der Waals surface area contributed by atoms with Crippen LogP contribution in [0.1, 0.15) is 11.3 Å². The molecule has 0 saturated heterocycles. The Balaban J connectivity index is 1.64. The molecule has 0 aliphatic heterocycles. The van der Waals surface area contributed by atoms with Gasteiger partial charge in [0.05, 0.1) is 17.3 Å². The summed E-state index contributed by atoms with van der Waals surface area (Å²) >= 11 is 11.9. The molecule has 0 unspecified atom stereocenters. The Morgan fingerprint density at radius 3 is 2.68 bits per heavy atom. The van der Waals surface area contributed by atoms with Crippen LogP contribution in [0.15, 0.2) is 36.7 Å². The number of amides is 1. The van der Waals surface area contributed by atoms with Crippen LogP contribution in [0, 0.1) is 12.7 Å². The highest BCUT2D eigenvalue weighted by Crippen LogP contribution is 2.20. The SMILES string of the molecule is Cc1nn(CC(=O)Nc2ccn(Cc3c(F)cccc3Cl)n2)cc1Cl. The molecule has 2 aromatic heterocycles. The summed E-state index contributed by atoms with van der Waals surface area (Å²) in [6, 6.07) is 6.11. The van der Waals surface area contributed by atoms with Crippen molar-refractivity contribution >= 4 is 34.9 Å². The summed E-state index contributed by atoms with van der Waals surface area (Å²) in [4.78, 5) is 12.0. The number of nitrogens with one attached hydrogen (secondary N) is 1. The first-order valence-electron chi connectivity index (χ1n) is 7.38. The van der Waals surface area contributed by atoms with Crippen molar-refractivity contribution < 1.29 is 9.18 Å². The lowest BCUT2D eigenvalue weighted by atomic mass is 10.2. The minimum Gasteiger partial charge on any atom is -0.308 e. The number of aryl methyl sites for hydroxylation is 1. The standard InChI is InChI=1S/C16H14Cl2FN5O/c1-10-13(18)8-24(21-10)9-16(25)20-15-5-6-23(22-15)7-11-12(17)3-2-4-14(11)19/h2-6,8H,7,9H2,1H3,(H,20,22,25). The van der Waals surface area contributed by atoms with Crippen molar-refractivity contribution in [1.29, 1.82) is 0 Å². The molecule has 0 aliphatic rings. The summed E-state index contributed by atoms with van der Waals surface area (Å²) in [5.74, 6) is -0.347. The van der Waals surface area contributed by atoms with Gasteiger partial charge in [-0.3, -0.25) is 14.2 Å². The largest absolute Gasteiger partial charge is 0.308 e. The Kier molecular flexibility index (Phi) is 5.06. The first kappa shape index (κ1) is 17.4. The van der Waals surface area contributed by atoms with E-state index >= 15 is 0 Å². The van der Waals surface area contributed by atoms with E-state index in [1.54, 1.807) is 37.5 Å². The van der Waals surface area contributed by atoms with Crippen LogP contribution in [0.2, 0.25) is 10.0 Å². The van der Waals surface area contributed by atoms with E-state index in [4.69, 9.17) is 23.2 Å². The van der Waals surface area contributed by atoms with Gasteiger partial charge < -0.3 is 5.32 Å². The molecular formula is C16H14Cl2FN5O. The molecule has 3 aromatic rings. The Morgan fingerprint density at radius 1 is 1.20 bits per heavy atom. The van der Waals surface area contributed by atoms with Crippen LogP contribution in [0.5, 0.6) is 0 Å². The molecular weight excluding hydrogens is 368 g/mol. The molecule has 0 fully saturated rings. The topological polar surface area (TPSA) is 64.7 Å². The van der Waals surface area contributed by atoms with Crippen LogP contribution in [-0.2, 0) is 17.9 Å². The summed E-state index contributed by atoms with van der Waals surface area (Å²) in [6.45, 7) is 1.93. The molecule has 1 N–H and O–H groups in total. The van der Waals surface area contributed by atoms with Crippen molar-refractivity contribution in [2.75, 3.05) is 5.32 Å². The fourth-order valence-electron chi connectivity index (χ4n) is 2.27. The van der Waals surface area contributed by atoms with E-state index in [1.165, 1.54) is 15.4 Å². The van der Waals surface area contributed by atoms with Crippen molar-refractivity contribution in [2.45, 2.75) is 20.0 Å². The zero-order chi connectivity index (χ0) is 18.0. The van der Waals surface area contributed by atoms with Gasteiger partial charge in [0, 0.05) is 29.0 Å². The molecule has 1 aromatic carbocycles. The maximum atomic E-state index is 13.8. The van der Waals surface area contributed by atoms with Crippen molar-refractivity contribution in [1.82, 2.24) is 19.6 Å². The molecule has 0 bridgehead atoms. The Hall–Kier alpha value is -2.38. The van der Waals surface area contributed by atoms with Gasteiger partial charge in [0.2, 0.25) is 5.91 Å². The monoisotopic (exact) mass is 381 g/mol. The third-order valence-corrected chi connectivity index (χ3v) is 4.21. The maximum Gasteiger partial charge on any atom is 0.247 e. The van der Waals surface area contributed by atoms with E-state index < -0.39 is 5.82 Å². The van der Waals surface area contributed by atoms with Crippen LogP contribution in [0.3, 0.4) is 0 Å². The number of carbonyl (C=O) groups excluding carboxylic acids is 1. The number of carbonyl (C=O) groups is 1. The van der Waals surface area contributed by atoms with Gasteiger partial charge >= 0.3 is 0 Å². The molecule has 0 aliphatic carbocycles. The molecule has 3 rings (SSSR count). The fraction of sp³-hybridized carbons (Fsp3) is 0.188. The number of rotatable bonds is 5. The van der Waals surface area contributed by atoms with E-state index in [1.807, 2.05) is 0 Å². The van der Waals surface area contributed by atoms with E-state index in [2.05, 4.69) is 15.5 Å². The number of nitrogens with zero attached hydrogens (tertiary/aromatic N) is 4. The molecule has 1 amide bonds.